The van der Waals surface area contributed by atoms with Crippen LogP contribution in [0.5, 0.6) is 0 Å². The summed E-state index contributed by atoms with van der Waals surface area (Å²) in [5, 5.41) is 2.75. The van der Waals surface area contributed by atoms with Crippen LogP contribution in [-0.4, -0.2) is 36.7 Å². The Morgan fingerprint density at radius 2 is 1.65 bits per heavy atom. The number of sulfonamides is 1. The van der Waals surface area contributed by atoms with E-state index in [0.717, 1.165) is 5.69 Å². The first-order valence-corrected chi connectivity index (χ1v) is 11.0. The SMILES string of the molecule is O=C(Nc1ccc(S(=O)(=O)Nc2ncccn2)cc1)C1CC(=O)N(c2ccccc2)C1. The van der Waals surface area contributed by atoms with Crippen LogP contribution in [0.1, 0.15) is 6.42 Å². The number of hydrogen-bond acceptors (Lipinski definition) is 6. The smallest absolute Gasteiger partial charge is 0.264 e. The molecule has 0 saturated carbocycles. The maximum absolute atomic E-state index is 12.6. The Morgan fingerprint density at radius 1 is 0.968 bits per heavy atom. The van der Waals surface area contributed by atoms with E-state index in [0.29, 0.717) is 12.2 Å². The van der Waals surface area contributed by atoms with Gasteiger partial charge in [-0.3, -0.25) is 9.59 Å². The van der Waals surface area contributed by atoms with Gasteiger partial charge in [0.15, 0.2) is 0 Å². The zero-order valence-corrected chi connectivity index (χ0v) is 17.1. The third-order valence-corrected chi connectivity index (χ3v) is 6.13. The van der Waals surface area contributed by atoms with Gasteiger partial charge in [0.2, 0.25) is 17.8 Å². The van der Waals surface area contributed by atoms with Crippen LogP contribution in [0.4, 0.5) is 17.3 Å². The molecule has 1 aliphatic rings. The van der Waals surface area contributed by atoms with E-state index in [1.165, 1.54) is 36.7 Å². The van der Waals surface area contributed by atoms with E-state index in [1.807, 2.05) is 30.3 Å². The summed E-state index contributed by atoms with van der Waals surface area (Å²) >= 11 is 0. The Bertz CT molecular complexity index is 1190. The first-order chi connectivity index (χ1) is 14.9. The molecule has 9 nitrogen and oxygen atoms in total. The number of aromatic nitrogens is 2. The fourth-order valence-electron chi connectivity index (χ4n) is 3.23. The van der Waals surface area contributed by atoms with Crippen molar-refractivity contribution >= 4 is 39.2 Å². The van der Waals surface area contributed by atoms with Crippen LogP contribution in [-0.2, 0) is 19.6 Å². The molecule has 1 aliphatic heterocycles. The molecular formula is C21H19N5O4S. The molecule has 0 aliphatic carbocycles. The molecular weight excluding hydrogens is 418 g/mol. The molecule has 2 amide bonds. The Balaban J connectivity index is 1.40. The maximum Gasteiger partial charge on any atom is 0.264 e. The molecule has 2 heterocycles. The lowest BCUT2D eigenvalue weighted by Gasteiger charge is -2.16. The summed E-state index contributed by atoms with van der Waals surface area (Å²) in [5.74, 6) is -0.929. The topological polar surface area (TPSA) is 121 Å². The molecule has 2 N–H and O–H groups in total. The summed E-state index contributed by atoms with van der Waals surface area (Å²) < 4.78 is 27.1. The molecule has 1 fully saturated rings. The molecule has 0 bridgehead atoms. The van der Waals surface area contributed by atoms with Gasteiger partial charge in [-0.1, -0.05) is 18.2 Å². The number of para-hydroxylation sites is 1. The lowest BCUT2D eigenvalue weighted by atomic mass is 10.1. The normalized spacial score (nSPS) is 16.2. The number of amides is 2. The number of nitrogens with zero attached hydrogens (tertiary/aromatic N) is 3. The van der Waals surface area contributed by atoms with Gasteiger partial charge in [0, 0.05) is 36.7 Å². The number of nitrogens with one attached hydrogen (secondary N) is 2. The maximum atomic E-state index is 12.6. The van der Waals surface area contributed by atoms with E-state index in [2.05, 4.69) is 20.0 Å². The van der Waals surface area contributed by atoms with E-state index in [-0.39, 0.29) is 29.1 Å². The van der Waals surface area contributed by atoms with Crippen LogP contribution < -0.4 is 14.9 Å². The highest BCUT2D eigenvalue weighted by atomic mass is 32.2. The summed E-state index contributed by atoms with van der Waals surface area (Å²) in [6, 6.07) is 16.5. The zero-order valence-electron chi connectivity index (χ0n) is 16.3. The second-order valence-electron chi connectivity index (χ2n) is 6.93. The van der Waals surface area contributed by atoms with Gasteiger partial charge in [-0.25, -0.2) is 23.1 Å². The van der Waals surface area contributed by atoms with E-state index >= 15 is 0 Å². The quantitative estimate of drug-likeness (QED) is 0.610. The van der Waals surface area contributed by atoms with Crippen molar-refractivity contribution in [2.24, 2.45) is 5.92 Å². The highest BCUT2D eigenvalue weighted by molar-refractivity contribution is 7.92. The van der Waals surface area contributed by atoms with Crippen molar-refractivity contribution in [3.63, 3.8) is 0 Å². The van der Waals surface area contributed by atoms with Crippen LogP contribution in [0.15, 0.2) is 78.0 Å². The van der Waals surface area contributed by atoms with Gasteiger partial charge < -0.3 is 10.2 Å². The molecule has 4 rings (SSSR count). The average Bonchev–Trinajstić information content (AvgIpc) is 3.17. The van der Waals surface area contributed by atoms with Crippen LogP contribution >= 0.6 is 0 Å². The van der Waals surface area contributed by atoms with Gasteiger partial charge >= 0.3 is 0 Å². The van der Waals surface area contributed by atoms with Crippen LogP contribution in [0.25, 0.3) is 0 Å². The first kappa shape index (κ1) is 20.5. The van der Waals surface area contributed by atoms with Crippen LogP contribution in [0, 0.1) is 5.92 Å². The minimum Gasteiger partial charge on any atom is -0.326 e. The molecule has 1 atom stereocenters. The zero-order chi connectivity index (χ0) is 21.8. The lowest BCUT2D eigenvalue weighted by Crippen LogP contribution is -2.28. The number of carbonyl (C=O) groups excluding carboxylic acids is 2. The monoisotopic (exact) mass is 437 g/mol. The first-order valence-electron chi connectivity index (χ1n) is 9.48. The standard InChI is InChI=1S/C21H19N5O4S/c27-19-13-15(14-26(19)17-5-2-1-3-6-17)20(28)24-16-7-9-18(10-8-16)31(29,30)25-21-22-11-4-12-23-21/h1-12,15H,13-14H2,(H,24,28)(H,22,23,25). The number of hydrogen-bond donors (Lipinski definition) is 2. The van der Waals surface area contributed by atoms with Gasteiger partial charge in [-0.05, 0) is 42.5 Å². The Morgan fingerprint density at radius 3 is 2.32 bits per heavy atom. The number of anilines is 3. The molecule has 1 aromatic heterocycles. The Kier molecular flexibility index (Phi) is 5.63. The molecule has 10 heteroatoms. The van der Waals surface area contributed by atoms with Crippen molar-refractivity contribution in [3.05, 3.63) is 73.1 Å². The molecule has 1 unspecified atom stereocenters. The predicted molar refractivity (Wildman–Crippen MR) is 115 cm³/mol. The van der Waals surface area contributed by atoms with Gasteiger partial charge in [-0.2, -0.15) is 0 Å². The van der Waals surface area contributed by atoms with Crippen LogP contribution in [0.2, 0.25) is 0 Å². The summed E-state index contributed by atoms with van der Waals surface area (Å²) in [6.07, 6.45) is 2.97. The van der Waals surface area contributed by atoms with Crippen molar-refractivity contribution < 1.29 is 18.0 Å². The number of benzene rings is 2. The summed E-state index contributed by atoms with van der Waals surface area (Å²) in [6.45, 7) is 0.294. The number of carbonyl (C=O) groups is 2. The van der Waals surface area contributed by atoms with E-state index in [9.17, 15) is 18.0 Å². The third-order valence-electron chi connectivity index (χ3n) is 4.79. The van der Waals surface area contributed by atoms with Crippen molar-refractivity contribution in [1.82, 2.24) is 9.97 Å². The molecule has 158 valence electrons. The number of rotatable bonds is 6. The molecule has 2 aromatic carbocycles. The fraction of sp³-hybridized carbons (Fsp3) is 0.143. The average molecular weight is 437 g/mol. The predicted octanol–water partition coefficient (Wildman–Crippen LogP) is 2.27. The highest BCUT2D eigenvalue weighted by Gasteiger charge is 2.35. The molecule has 3 aromatic rings. The van der Waals surface area contributed by atoms with Gasteiger partial charge in [0.05, 0.1) is 10.8 Å². The van der Waals surface area contributed by atoms with Gasteiger partial charge in [0.1, 0.15) is 0 Å². The van der Waals surface area contributed by atoms with Crippen molar-refractivity contribution in [3.8, 4) is 0 Å². The summed E-state index contributed by atoms with van der Waals surface area (Å²) in [4.78, 5) is 34.2. The lowest BCUT2D eigenvalue weighted by molar-refractivity contribution is -0.122. The second kappa shape index (κ2) is 8.52. The highest BCUT2D eigenvalue weighted by Crippen LogP contribution is 2.26. The molecule has 0 spiro atoms. The summed E-state index contributed by atoms with van der Waals surface area (Å²) in [7, 11) is -3.86. The van der Waals surface area contributed by atoms with E-state index < -0.39 is 15.9 Å². The Hall–Kier alpha value is -3.79. The largest absolute Gasteiger partial charge is 0.326 e. The van der Waals surface area contributed by atoms with E-state index in [4.69, 9.17) is 0 Å². The van der Waals surface area contributed by atoms with E-state index in [1.54, 1.807) is 11.0 Å². The molecule has 1 saturated heterocycles. The third kappa shape index (κ3) is 4.69. The fourth-order valence-corrected chi connectivity index (χ4v) is 4.19. The molecule has 0 radical (unpaired) electrons. The van der Waals surface area contributed by atoms with Crippen molar-refractivity contribution in [2.75, 3.05) is 21.5 Å². The summed E-state index contributed by atoms with van der Waals surface area (Å²) in [5.41, 5.74) is 1.19. The van der Waals surface area contributed by atoms with Crippen LogP contribution in [0.3, 0.4) is 0 Å². The minimum absolute atomic E-state index is 0.00393. The minimum atomic E-state index is -3.86. The molecule has 31 heavy (non-hydrogen) atoms. The van der Waals surface area contributed by atoms with Crippen molar-refractivity contribution in [2.45, 2.75) is 11.3 Å². The van der Waals surface area contributed by atoms with Gasteiger partial charge in [-0.15, -0.1) is 0 Å². The Labute approximate surface area is 179 Å². The van der Waals surface area contributed by atoms with Gasteiger partial charge in [0.25, 0.3) is 10.0 Å². The second-order valence-corrected chi connectivity index (χ2v) is 8.61. The van der Waals surface area contributed by atoms with Crippen molar-refractivity contribution in [1.29, 1.82) is 0 Å².